The van der Waals surface area contributed by atoms with Gasteiger partial charge in [0, 0.05) is 31.5 Å². The molecule has 0 bridgehead atoms. The van der Waals surface area contributed by atoms with Crippen LogP contribution in [-0.2, 0) is 20.7 Å². The summed E-state index contributed by atoms with van der Waals surface area (Å²) in [6.07, 6.45) is 1.25. The molecular weight excluding hydrogens is 424 g/mol. The summed E-state index contributed by atoms with van der Waals surface area (Å²) in [7, 11) is 1.61. The first-order chi connectivity index (χ1) is 15.4. The summed E-state index contributed by atoms with van der Waals surface area (Å²) < 4.78 is 11.3. The second-order valence-corrected chi connectivity index (χ2v) is 9.68. The van der Waals surface area contributed by atoms with Crippen molar-refractivity contribution < 1.29 is 19.1 Å². The molecule has 0 N–H and O–H groups in total. The lowest BCUT2D eigenvalue weighted by molar-refractivity contribution is -0.143. The molecule has 7 heteroatoms. The second-order valence-electron chi connectivity index (χ2n) is 8.68. The molecule has 1 atom stereocenters. The number of carbonyl (C=O) groups excluding carboxylic acids is 2. The van der Waals surface area contributed by atoms with Gasteiger partial charge in [0.15, 0.2) is 0 Å². The van der Waals surface area contributed by atoms with Crippen LogP contribution in [0.25, 0.3) is 0 Å². The monoisotopic (exact) mass is 458 g/mol. The first-order valence-corrected chi connectivity index (χ1v) is 12.1. The van der Waals surface area contributed by atoms with Gasteiger partial charge >= 0.3 is 0 Å². The quantitative estimate of drug-likeness (QED) is 0.538. The van der Waals surface area contributed by atoms with Crippen LogP contribution in [0, 0.1) is 12.8 Å². The molecule has 0 aliphatic carbocycles. The fourth-order valence-corrected chi connectivity index (χ4v) is 4.84. The van der Waals surface area contributed by atoms with E-state index in [1.54, 1.807) is 23.3 Å². The Labute approximate surface area is 195 Å². The number of rotatable bonds is 10. The Kier molecular flexibility index (Phi) is 8.70. The first-order valence-electron chi connectivity index (χ1n) is 11.2. The van der Waals surface area contributed by atoms with Crippen molar-refractivity contribution in [2.24, 2.45) is 5.92 Å². The van der Waals surface area contributed by atoms with E-state index in [-0.39, 0.29) is 30.3 Å². The Morgan fingerprint density at radius 3 is 2.66 bits per heavy atom. The molecule has 3 rings (SSSR count). The molecule has 0 spiro atoms. The number of thiophene rings is 1. The SMILES string of the molecule is COCCN(CC(=O)N1CCc2sccc2[C@H]1COc1ccc(C)cc1)C(=O)CC(C)C. The summed E-state index contributed by atoms with van der Waals surface area (Å²) in [4.78, 5) is 30.9. The molecule has 2 aromatic rings. The lowest BCUT2D eigenvalue weighted by atomic mass is 10.00. The minimum absolute atomic E-state index is 0.00825. The number of benzene rings is 1. The van der Waals surface area contributed by atoms with Crippen LogP contribution in [0.1, 0.15) is 42.3 Å². The zero-order valence-electron chi connectivity index (χ0n) is 19.5. The zero-order valence-corrected chi connectivity index (χ0v) is 20.3. The predicted octanol–water partition coefficient (Wildman–Crippen LogP) is 4.08. The molecule has 0 unspecified atom stereocenters. The summed E-state index contributed by atoms with van der Waals surface area (Å²) >= 11 is 1.73. The van der Waals surface area contributed by atoms with E-state index >= 15 is 0 Å². The molecule has 0 radical (unpaired) electrons. The average Bonchev–Trinajstić information content (AvgIpc) is 3.24. The molecule has 2 amide bonds. The van der Waals surface area contributed by atoms with Crippen molar-refractivity contribution in [1.82, 2.24) is 9.80 Å². The van der Waals surface area contributed by atoms with Gasteiger partial charge in [-0.05, 0) is 48.4 Å². The molecule has 32 heavy (non-hydrogen) atoms. The number of carbonyl (C=O) groups is 2. The van der Waals surface area contributed by atoms with Gasteiger partial charge in [0.25, 0.3) is 0 Å². The van der Waals surface area contributed by atoms with E-state index in [0.29, 0.717) is 32.7 Å². The maximum absolute atomic E-state index is 13.4. The normalized spacial score (nSPS) is 15.5. The number of aryl methyl sites for hydroxylation is 1. The maximum Gasteiger partial charge on any atom is 0.242 e. The summed E-state index contributed by atoms with van der Waals surface area (Å²) in [5.41, 5.74) is 2.33. The van der Waals surface area contributed by atoms with Gasteiger partial charge in [-0.3, -0.25) is 9.59 Å². The summed E-state index contributed by atoms with van der Waals surface area (Å²) in [6.45, 7) is 7.96. The van der Waals surface area contributed by atoms with E-state index in [0.717, 1.165) is 17.7 Å². The van der Waals surface area contributed by atoms with Gasteiger partial charge in [-0.2, -0.15) is 0 Å². The van der Waals surface area contributed by atoms with E-state index < -0.39 is 0 Å². The molecule has 2 heterocycles. The molecule has 0 saturated heterocycles. The number of hydrogen-bond donors (Lipinski definition) is 0. The first kappa shape index (κ1) is 24.3. The van der Waals surface area contributed by atoms with Crippen molar-refractivity contribution in [3.05, 3.63) is 51.7 Å². The van der Waals surface area contributed by atoms with Gasteiger partial charge in [0.2, 0.25) is 11.8 Å². The fourth-order valence-electron chi connectivity index (χ4n) is 3.91. The van der Waals surface area contributed by atoms with Gasteiger partial charge in [-0.1, -0.05) is 31.5 Å². The van der Waals surface area contributed by atoms with Crippen molar-refractivity contribution in [3.63, 3.8) is 0 Å². The van der Waals surface area contributed by atoms with Gasteiger partial charge in [0.1, 0.15) is 12.4 Å². The standard InChI is InChI=1S/C25H34N2O4S/c1-18(2)15-24(28)26(12-13-30-4)16-25(29)27-11-9-23-21(10-14-32-23)22(27)17-31-20-7-5-19(3)6-8-20/h5-8,10,14,18,22H,9,11-13,15-17H2,1-4H3/t22-/m1/s1. The van der Waals surface area contributed by atoms with Crippen LogP contribution in [0.15, 0.2) is 35.7 Å². The third-order valence-corrected chi connectivity index (χ3v) is 6.67. The van der Waals surface area contributed by atoms with Crippen LogP contribution in [0.3, 0.4) is 0 Å². The lowest BCUT2D eigenvalue weighted by Crippen LogP contribution is -2.48. The Morgan fingerprint density at radius 2 is 1.97 bits per heavy atom. The average molecular weight is 459 g/mol. The largest absolute Gasteiger partial charge is 0.491 e. The smallest absolute Gasteiger partial charge is 0.242 e. The molecule has 1 aliphatic rings. The molecule has 0 saturated carbocycles. The third-order valence-electron chi connectivity index (χ3n) is 5.67. The van der Waals surface area contributed by atoms with Crippen LogP contribution in [0.4, 0.5) is 0 Å². The predicted molar refractivity (Wildman–Crippen MR) is 127 cm³/mol. The minimum Gasteiger partial charge on any atom is -0.491 e. The van der Waals surface area contributed by atoms with Crippen LogP contribution in [-0.4, -0.2) is 61.6 Å². The van der Waals surface area contributed by atoms with Crippen LogP contribution in [0.2, 0.25) is 0 Å². The Bertz CT molecular complexity index is 894. The summed E-state index contributed by atoms with van der Waals surface area (Å²) in [5, 5.41) is 2.08. The summed E-state index contributed by atoms with van der Waals surface area (Å²) in [5.74, 6) is 0.972. The highest BCUT2D eigenvalue weighted by atomic mass is 32.1. The lowest BCUT2D eigenvalue weighted by Gasteiger charge is -2.37. The van der Waals surface area contributed by atoms with E-state index in [4.69, 9.17) is 9.47 Å². The van der Waals surface area contributed by atoms with Crippen molar-refractivity contribution >= 4 is 23.2 Å². The van der Waals surface area contributed by atoms with Crippen LogP contribution >= 0.6 is 11.3 Å². The fraction of sp³-hybridized carbons (Fsp3) is 0.520. The number of methoxy groups -OCH3 is 1. The van der Waals surface area contributed by atoms with Gasteiger partial charge in [-0.25, -0.2) is 0 Å². The van der Waals surface area contributed by atoms with Crippen molar-refractivity contribution in [2.75, 3.05) is 40.0 Å². The van der Waals surface area contributed by atoms with E-state index in [9.17, 15) is 9.59 Å². The summed E-state index contributed by atoms with van der Waals surface area (Å²) in [6, 6.07) is 9.87. The molecule has 0 fully saturated rings. The van der Waals surface area contributed by atoms with E-state index in [1.807, 2.05) is 49.9 Å². The number of hydrogen-bond acceptors (Lipinski definition) is 5. The third kappa shape index (κ3) is 6.33. The Balaban J connectivity index is 1.74. The van der Waals surface area contributed by atoms with Gasteiger partial charge in [0.05, 0.1) is 19.2 Å². The van der Waals surface area contributed by atoms with Gasteiger partial charge in [-0.15, -0.1) is 11.3 Å². The molecule has 1 aliphatic heterocycles. The number of fused-ring (bicyclic) bond motifs is 1. The van der Waals surface area contributed by atoms with E-state index in [2.05, 4.69) is 11.4 Å². The highest BCUT2D eigenvalue weighted by Gasteiger charge is 2.33. The molecule has 174 valence electrons. The zero-order chi connectivity index (χ0) is 23.1. The van der Waals surface area contributed by atoms with Gasteiger partial charge < -0.3 is 19.3 Å². The molecule has 1 aromatic carbocycles. The molecule has 1 aromatic heterocycles. The minimum atomic E-state index is -0.164. The number of nitrogens with zero attached hydrogens (tertiary/aromatic N) is 2. The van der Waals surface area contributed by atoms with Crippen LogP contribution in [0.5, 0.6) is 5.75 Å². The number of amides is 2. The number of ether oxygens (including phenoxy) is 2. The van der Waals surface area contributed by atoms with E-state index in [1.165, 1.54) is 10.4 Å². The van der Waals surface area contributed by atoms with Crippen molar-refractivity contribution in [3.8, 4) is 5.75 Å². The molecule has 6 nitrogen and oxygen atoms in total. The second kappa shape index (κ2) is 11.5. The highest BCUT2D eigenvalue weighted by molar-refractivity contribution is 7.10. The topological polar surface area (TPSA) is 59.1 Å². The maximum atomic E-state index is 13.4. The van der Waals surface area contributed by atoms with Crippen LogP contribution < -0.4 is 4.74 Å². The molecular formula is C25H34N2O4S. The highest BCUT2D eigenvalue weighted by Crippen LogP contribution is 2.34. The Hall–Kier alpha value is -2.38. The van der Waals surface area contributed by atoms with Crippen molar-refractivity contribution in [2.45, 2.75) is 39.7 Å². The Morgan fingerprint density at radius 1 is 1.22 bits per heavy atom. The van der Waals surface area contributed by atoms with Crippen molar-refractivity contribution in [1.29, 1.82) is 0 Å².